The largest absolute Gasteiger partial charge is 0.352 e. The van der Waals surface area contributed by atoms with Crippen LogP contribution in [-0.4, -0.2) is 43.8 Å². The van der Waals surface area contributed by atoms with Gasteiger partial charge in [-0.2, -0.15) is 0 Å². The van der Waals surface area contributed by atoms with E-state index in [9.17, 15) is 18.0 Å². The lowest BCUT2D eigenvalue weighted by atomic mass is 10.0. The molecule has 9 heteroatoms. The minimum absolute atomic E-state index is 0.0765. The van der Waals surface area contributed by atoms with Crippen LogP contribution in [0.4, 0.5) is 5.69 Å². The molecule has 0 unspecified atom stereocenters. The van der Waals surface area contributed by atoms with Crippen molar-refractivity contribution < 1.29 is 18.0 Å². The van der Waals surface area contributed by atoms with Gasteiger partial charge in [0.25, 0.3) is 10.0 Å². The summed E-state index contributed by atoms with van der Waals surface area (Å²) in [6.07, 6.45) is 0.983. The zero-order chi connectivity index (χ0) is 32.6. The molecular formula is C36H40BrN3O4S. The lowest BCUT2D eigenvalue weighted by Crippen LogP contribution is -2.54. The normalized spacial score (nSPS) is 12.6. The quantitative estimate of drug-likeness (QED) is 0.167. The first-order valence-electron chi connectivity index (χ1n) is 15.0. The molecule has 0 bridgehead atoms. The molecule has 0 saturated carbocycles. The number of nitrogens with zero attached hydrogens (tertiary/aromatic N) is 2. The molecule has 0 saturated heterocycles. The predicted molar refractivity (Wildman–Crippen MR) is 183 cm³/mol. The monoisotopic (exact) mass is 689 g/mol. The van der Waals surface area contributed by atoms with Gasteiger partial charge in [0, 0.05) is 23.5 Å². The topological polar surface area (TPSA) is 86.8 Å². The molecule has 0 aliphatic rings. The van der Waals surface area contributed by atoms with Crippen LogP contribution >= 0.6 is 15.9 Å². The number of carbonyl (C=O) groups excluding carboxylic acids is 2. The first kappa shape index (κ1) is 33.9. The molecule has 7 nitrogen and oxygen atoms in total. The van der Waals surface area contributed by atoms with Crippen LogP contribution in [0.3, 0.4) is 0 Å². The molecule has 0 aromatic heterocycles. The average Bonchev–Trinajstić information content (AvgIpc) is 3.03. The predicted octanol–water partition coefficient (Wildman–Crippen LogP) is 6.82. The van der Waals surface area contributed by atoms with Gasteiger partial charge in [-0.25, -0.2) is 8.42 Å². The molecule has 0 aliphatic heterocycles. The molecule has 236 valence electrons. The van der Waals surface area contributed by atoms with E-state index in [0.717, 1.165) is 27.6 Å². The number of benzene rings is 4. The van der Waals surface area contributed by atoms with E-state index in [1.807, 2.05) is 94.4 Å². The highest BCUT2D eigenvalue weighted by Gasteiger charge is 2.35. The zero-order valence-corrected chi connectivity index (χ0v) is 28.5. The maximum Gasteiger partial charge on any atom is 0.264 e. The van der Waals surface area contributed by atoms with Gasteiger partial charge in [-0.1, -0.05) is 95.7 Å². The van der Waals surface area contributed by atoms with Crippen LogP contribution in [0, 0.1) is 13.8 Å². The van der Waals surface area contributed by atoms with Gasteiger partial charge in [0.15, 0.2) is 0 Å². The molecule has 0 spiro atoms. The zero-order valence-electron chi connectivity index (χ0n) is 26.1. The van der Waals surface area contributed by atoms with Crippen molar-refractivity contribution in [2.75, 3.05) is 10.8 Å². The molecule has 4 aromatic carbocycles. The Labute approximate surface area is 275 Å². The van der Waals surface area contributed by atoms with Crippen LogP contribution < -0.4 is 9.62 Å². The van der Waals surface area contributed by atoms with E-state index in [1.54, 1.807) is 24.3 Å². The summed E-state index contributed by atoms with van der Waals surface area (Å²) in [4.78, 5) is 30.2. The van der Waals surface area contributed by atoms with Gasteiger partial charge in [-0.3, -0.25) is 13.9 Å². The van der Waals surface area contributed by atoms with Crippen molar-refractivity contribution in [3.63, 3.8) is 0 Å². The third kappa shape index (κ3) is 8.83. The van der Waals surface area contributed by atoms with Crippen molar-refractivity contribution in [2.24, 2.45) is 0 Å². The summed E-state index contributed by atoms with van der Waals surface area (Å²) in [5.74, 6) is -0.781. The van der Waals surface area contributed by atoms with Gasteiger partial charge in [-0.05, 0) is 79.8 Å². The van der Waals surface area contributed by atoms with E-state index in [2.05, 4.69) is 21.2 Å². The fourth-order valence-electron chi connectivity index (χ4n) is 5.05. The lowest BCUT2D eigenvalue weighted by Gasteiger charge is -2.34. The van der Waals surface area contributed by atoms with Gasteiger partial charge in [0.05, 0.1) is 10.6 Å². The Morgan fingerprint density at radius 1 is 0.844 bits per heavy atom. The molecule has 0 fully saturated rings. The second-order valence-corrected chi connectivity index (χ2v) is 14.1. The Kier molecular flexibility index (Phi) is 11.6. The molecule has 0 aliphatic carbocycles. The smallest absolute Gasteiger partial charge is 0.264 e. The fraction of sp³-hybridized carbons (Fsp3) is 0.278. The molecule has 2 atom stereocenters. The number of anilines is 1. The Morgan fingerprint density at radius 2 is 1.49 bits per heavy atom. The number of carbonyl (C=O) groups is 2. The van der Waals surface area contributed by atoms with Crippen molar-refractivity contribution >= 4 is 43.5 Å². The van der Waals surface area contributed by atoms with Gasteiger partial charge >= 0.3 is 0 Å². The average molecular weight is 691 g/mol. The molecule has 2 amide bonds. The number of rotatable bonds is 13. The van der Waals surface area contributed by atoms with E-state index in [4.69, 9.17) is 0 Å². The van der Waals surface area contributed by atoms with Crippen LogP contribution in [0.15, 0.2) is 112 Å². The van der Waals surface area contributed by atoms with Crippen LogP contribution in [0.1, 0.15) is 42.5 Å². The summed E-state index contributed by atoms with van der Waals surface area (Å²) in [5, 5.41) is 3.07. The van der Waals surface area contributed by atoms with Gasteiger partial charge < -0.3 is 10.2 Å². The Morgan fingerprint density at radius 3 is 2.13 bits per heavy atom. The molecule has 1 N–H and O–H groups in total. The summed E-state index contributed by atoms with van der Waals surface area (Å²) in [6.45, 7) is 7.23. The third-order valence-electron chi connectivity index (χ3n) is 7.76. The second-order valence-electron chi connectivity index (χ2n) is 11.3. The fourth-order valence-corrected chi connectivity index (χ4v) is 6.99. The first-order valence-corrected chi connectivity index (χ1v) is 17.3. The maximum absolute atomic E-state index is 14.6. The van der Waals surface area contributed by atoms with E-state index in [-0.39, 0.29) is 29.8 Å². The van der Waals surface area contributed by atoms with E-state index in [1.165, 1.54) is 21.3 Å². The number of sulfonamides is 1. The molecule has 0 heterocycles. The van der Waals surface area contributed by atoms with Crippen molar-refractivity contribution in [1.82, 2.24) is 10.2 Å². The number of hydrogen-bond acceptors (Lipinski definition) is 4. The van der Waals surface area contributed by atoms with E-state index in [0.29, 0.717) is 11.3 Å². The van der Waals surface area contributed by atoms with E-state index < -0.39 is 28.5 Å². The van der Waals surface area contributed by atoms with Crippen molar-refractivity contribution in [3.05, 3.63) is 130 Å². The highest BCUT2D eigenvalue weighted by atomic mass is 79.9. The van der Waals surface area contributed by atoms with Crippen LogP contribution in [0.2, 0.25) is 0 Å². The van der Waals surface area contributed by atoms with Crippen LogP contribution in [0.25, 0.3) is 0 Å². The highest BCUT2D eigenvalue weighted by molar-refractivity contribution is 9.10. The summed E-state index contributed by atoms with van der Waals surface area (Å²) >= 11 is 3.52. The SMILES string of the molecule is CC[C@H](C)NC(=O)[C@@H](Cc1ccccc1)N(Cc1cccc(Br)c1)C(=O)CN(c1cc(C)ccc1C)S(=O)(=O)c1ccccc1. The van der Waals surface area contributed by atoms with E-state index >= 15 is 0 Å². The Balaban J connectivity index is 1.83. The standard InChI is InChI=1S/C36H40BrN3O4S/c1-5-28(4)38-36(42)34(23-29-13-8-6-9-14-29)39(24-30-15-12-16-31(37)22-30)35(41)25-40(33-21-26(2)19-20-27(33)3)45(43,44)32-17-10-7-11-18-32/h6-22,28,34H,5,23-25H2,1-4H3,(H,38,42)/t28-,34+/m0/s1. The van der Waals surface area contributed by atoms with Crippen molar-refractivity contribution in [2.45, 2.75) is 64.1 Å². The van der Waals surface area contributed by atoms with Crippen LogP contribution in [-0.2, 0) is 32.6 Å². The van der Waals surface area contributed by atoms with Crippen molar-refractivity contribution in [3.8, 4) is 0 Å². The van der Waals surface area contributed by atoms with Gasteiger partial charge in [0.2, 0.25) is 11.8 Å². The maximum atomic E-state index is 14.6. The van der Waals surface area contributed by atoms with Gasteiger partial charge in [0.1, 0.15) is 12.6 Å². The molecule has 45 heavy (non-hydrogen) atoms. The number of amides is 2. The third-order valence-corrected chi connectivity index (χ3v) is 10.0. The number of halogens is 1. The summed E-state index contributed by atoms with van der Waals surface area (Å²) in [6, 6.07) is 29.7. The molecule has 4 aromatic rings. The summed E-state index contributed by atoms with van der Waals surface area (Å²) in [7, 11) is -4.15. The minimum atomic E-state index is -4.15. The molecule has 0 radical (unpaired) electrons. The molecule has 4 rings (SSSR count). The van der Waals surface area contributed by atoms with Gasteiger partial charge in [-0.15, -0.1) is 0 Å². The Bertz CT molecular complexity index is 1720. The second kappa shape index (κ2) is 15.4. The number of aryl methyl sites for hydroxylation is 2. The first-order chi connectivity index (χ1) is 21.5. The molecular weight excluding hydrogens is 650 g/mol. The van der Waals surface area contributed by atoms with Crippen LogP contribution in [0.5, 0.6) is 0 Å². The van der Waals surface area contributed by atoms with Crippen molar-refractivity contribution in [1.29, 1.82) is 0 Å². The Hall–Kier alpha value is -3.95. The number of hydrogen-bond donors (Lipinski definition) is 1. The lowest BCUT2D eigenvalue weighted by molar-refractivity contribution is -0.140. The summed E-state index contributed by atoms with van der Waals surface area (Å²) in [5.41, 5.74) is 3.67. The minimum Gasteiger partial charge on any atom is -0.352 e. The highest BCUT2D eigenvalue weighted by Crippen LogP contribution is 2.29. The number of nitrogens with one attached hydrogen (secondary N) is 1. The summed E-state index contributed by atoms with van der Waals surface area (Å²) < 4.78 is 30.4.